The largest absolute Gasteiger partial charge is 0.493 e. The average molecular weight is 550 g/mol. The maximum atomic E-state index is 13.2. The van der Waals surface area contributed by atoms with Gasteiger partial charge in [0.05, 0.1) is 40.9 Å². The summed E-state index contributed by atoms with van der Waals surface area (Å²) in [6.07, 6.45) is 3.11. The number of nitriles is 1. The first-order valence-electron chi connectivity index (χ1n) is 12.9. The molecule has 2 aromatic heterocycles. The normalized spacial score (nSPS) is 10.8. The van der Waals surface area contributed by atoms with Gasteiger partial charge in [-0.25, -0.2) is 0 Å². The second-order valence-electron chi connectivity index (χ2n) is 10.4. The van der Waals surface area contributed by atoms with E-state index in [0.717, 1.165) is 11.3 Å². The Kier molecular flexibility index (Phi) is 8.63. The molecule has 0 saturated carbocycles. The number of aromatic nitrogens is 2. The fraction of sp³-hybridized carbons (Fsp3) is 0.219. The SMILES string of the molecule is COc1c(C#N)cc(C(C)(C)C)cc1NC(=O)c1cnc(C)c(C(=O)Nc2ccc(OCc3ccccn3)cc2)c1. The summed E-state index contributed by atoms with van der Waals surface area (Å²) in [6.45, 7) is 8.06. The molecule has 0 aliphatic heterocycles. The first-order chi connectivity index (χ1) is 19.6. The van der Waals surface area contributed by atoms with Crippen LogP contribution in [-0.2, 0) is 12.0 Å². The topological polar surface area (TPSA) is 126 Å². The Morgan fingerprint density at radius 1 is 0.976 bits per heavy atom. The van der Waals surface area contributed by atoms with Crippen molar-refractivity contribution in [3.05, 3.63) is 107 Å². The quantitative estimate of drug-likeness (QED) is 0.274. The van der Waals surface area contributed by atoms with Crippen molar-refractivity contribution in [3.63, 3.8) is 0 Å². The first-order valence-corrected chi connectivity index (χ1v) is 12.9. The van der Waals surface area contributed by atoms with E-state index in [2.05, 4.69) is 26.7 Å². The van der Waals surface area contributed by atoms with Gasteiger partial charge in [0, 0.05) is 18.1 Å². The molecule has 4 rings (SSSR count). The Balaban J connectivity index is 1.49. The Morgan fingerprint density at radius 3 is 2.37 bits per heavy atom. The number of rotatable bonds is 8. The molecule has 208 valence electrons. The van der Waals surface area contributed by atoms with Gasteiger partial charge in [-0.3, -0.25) is 19.6 Å². The number of nitrogens with zero attached hydrogens (tertiary/aromatic N) is 3. The summed E-state index contributed by atoms with van der Waals surface area (Å²) in [7, 11) is 1.44. The number of pyridine rings is 2. The number of benzene rings is 2. The predicted octanol–water partition coefficient (Wildman–Crippen LogP) is 6.05. The summed E-state index contributed by atoms with van der Waals surface area (Å²) >= 11 is 0. The van der Waals surface area contributed by atoms with Crippen molar-refractivity contribution in [2.24, 2.45) is 0 Å². The molecule has 2 aromatic carbocycles. The molecule has 9 heteroatoms. The van der Waals surface area contributed by atoms with Gasteiger partial charge >= 0.3 is 0 Å². The van der Waals surface area contributed by atoms with E-state index in [1.54, 1.807) is 49.5 Å². The highest BCUT2D eigenvalue weighted by Crippen LogP contribution is 2.35. The molecule has 0 saturated heterocycles. The van der Waals surface area contributed by atoms with E-state index in [-0.39, 0.29) is 22.3 Å². The number of aryl methyl sites for hydroxylation is 1. The van der Waals surface area contributed by atoms with Gasteiger partial charge in [-0.1, -0.05) is 26.8 Å². The van der Waals surface area contributed by atoms with E-state index in [0.29, 0.717) is 35.0 Å². The van der Waals surface area contributed by atoms with Crippen LogP contribution in [0.25, 0.3) is 0 Å². The molecule has 4 aromatic rings. The third-order valence-corrected chi connectivity index (χ3v) is 6.35. The van der Waals surface area contributed by atoms with Crippen molar-refractivity contribution in [3.8, 4) is 17.6 Å². The maximum absolute atomic E-state index is 13.2. The van der Waals surface area contributed by atoms with E-state index in [1.165, 1.54) is 19.4 Å². The molecular formula is C32H31N5O4. The molecule has 2 heterocycles. The molecule has 0 aliphatic rings. The number of methoxy groups -OCH3 is 1. The van der Waals surface area contributed by atoms with Crippen LogP contribution in [0.3, 0.4) is 0 Å². The van der Waals surface area contributed by atoms with E-state index < -0.39 is 11.8 Å². The van der Waals surface area contributed by atoms with E-state index in [9.17, 15) is 14.9 Å². The number of hydrogen-bond acceptors (Lipinski definition) is 7. The van der Waals surface area contributed by atoms with Crippen LogP contribution in [-0.4, -0.2) is 28.9 Å². The third kappa shape index (κ3) is 7.05. The van der Waals surface area contributed by atoms with Gasteiger partial charge in [-0.15, -0.1) is 0 Å². The number of carbonyl (C=O) groups is 2. The Hall–Kier alpha value is -5.23. The monoisotopic (exact) mass is 549 g/mol. The summed E-state index contributed by atoms with van der Waals surface area (Å²) in [5.41, 5.74) is 3.53. The van der Waals surface area contributed by atoms with Crippen molar-refractivity contribution in [1.82, 2.24) is 9.97 Å². The van der Waals surface area contributed by atoms with Crippen LogP contribution in [0, 0.1) is 18.3 Å². The fourth-order valence-corrected chi connectivity index (χ4v) is 4.01. The van der Waals surface area contributed by atoms with Crippen molar-refractivity contribution >= 4 is 23.2 Å². The number of anilines is 2. The number of nitrogens with one attached hydrogen (secondary N) is 2. The summed E-state index contributed by atoms with van der Waals surface area (Å²) in [5.74, 6) is -0.00452. The smallest absolute Gasteiger partial charge is 0.257 e. The van der Waals surface area contributed by atoms with Gasteiger partial charge in [-0.2, -0.15) is 5.26 Å². The molecule has 0 spiro atoms. The Labute approximate surface area is 239 Å². The summed E-state index contributed by atoms with van der Waals surface area (Å²) in [5, 5.41) is 15.3. The van der Waals surface area contributed by atoms with Crippen molar-refractivity contribution in [2.75, 3.05) is 17.7 Å². The number of amides is 2. The first kappa shape index (κ1) is 28.8. The van der Waals surface area contributed by atoms with E-state index in [4.69, 9.17) is 9.47 Å². The second kappa shape index (κ2) is 12.3. The lowest BCUT2D eigenvalue weighted by Gasteiger charge is -2.22. The summed E-state index contributed by atoms with van der Waals surface area (Å²) in [4.78, 5) is 34.9. The molecule has 0 aliphatic carbocycles. The Morgan fingerprint density at radius 2 is 1.73 bits per heavy atom. The molecule has 2 amide bonds. The maximum Gasteiger partial charge on any atom is 0.257 e. The van der Waals surface area contributed by atoms with E-state index in [1.807, 2.05) is 39.0 Å². The van der Waals surface area contributed by atoms with Crippen LogP contribution in [0.1, 0.15) is 64.0 Å². The van der Waals surface area contributed by atoms with Crippen LogP contribution in [0.5, 0.6) is 11.5 Å². The molecule has 0 unspecified atom stereocenters. The lowest BCUT2D eigenvalue weighted by Crippen LogP contribution is -2.19. The van der Waals surface area contributed by atoms with Crippen LogP contribution >= 0.6 is 0 Å². The fourth-order valence-electron chi connectivity index (χ4n) is 4.01. The summed E-state index contributed by atoms with van der Waals surface area (Å²) in [6, 6.07) is 19.7. The number of hydrogen-bond donors (Lipinski definition) is 2. The molecule has 41 heavy (non-hydrogen) atoms. The van der Waals surface area contributed by atoms with Gasteiger partial charge in [0.2, 0.25) is 0 Å². The highest BCUT2D eigenvalue weighted by atomic mass is 16.5. The minimum atomic E-state index is -0.491. The number of carbonyl (C=O) groups excluding carboxylic acids is 2. The standard InChI is InChI=1S/C32H31N5O4/c1-20-27(31(39)36-24-9-11-26(12-10-24)41-19-25-8-6-7-13-34-25)15-22(18-35-20)30(38)37-28-16-23(32(2,3)4)14-21(17-33)29(28)40-5/h6-16,18H,19H2,1-5H3,(H,36,39)(H,37,38). The van der Waals surface area contributed by atoms with Gasteiger partial charge in [0.1, 0.15) is 18.4 Å². The average Bonchev–Trinajstić information content (AvgIpc) is 2.96. The minimum absolute atomic E-state index is 0.181. The highest BCUT2D eigenvalue weighted by molar-refractivity contribution is 6.09. The van der Waals surface area contributed by atoms with Crippen LogP contribution in [0.2, 0.25) is 0 Å². The highest BCUT2D eigenvalue weighted by Gasteiger charge is 2.22. The molecule has 0 fully saturated rings. The Bertz CT molecular complexity index is 1600. The lowest BCUT2D eigenvalue weighted by atomic mass is 9.85. The van der Waals surface area contributed by atoms with Crippen molar-refractivity contribution in [2.45, 2.75) is 39.7 Å². The zero-order valence-corrected chi connectivity index (χ0v) is 23.6. The summed E-state index contributed by atoms with van der Waals surface area (Å²) < 4.78 is 11.2. The zero-order chi connectivity index (χ0) is 29.6. The molecule has 0 radical (unpaired) electrons. The van der Waals surface area contributed by atoms with Crippen LogP contribution in [0.4, 0.5) is 11.4 Å². The van der Waals surface area contributed by atoms with Crippen molar-refractivity contribution in [1.29, 1.82) is 5.26 Å². The van der Waals surface area contributed by atoms with Gasteiger partial charge in [-0.05, 0) is 72.5 Å². The van der Waals surface area contributed by atoms with Gasteiger partial charge in [0.25, 0.3) is 11.8 Å². The van der Waals surface area contributed by atoms with Gasteiger partial charge in [0.15, 0.2) is 5.75 Å². The molecule has 2 N–H and O–H groups in total. The third-order valence-electron chi connectivity index (χ3n) is 6.35. The zero-order valence-electron chi connectivity index (χ0n) is 23.6. The van der Waals surface area contributed by atoms with Crippen LogP contribution in [0.15, 0.2) is 73.1 Å². The molecule has 9 nitrogen and oxygen atoms in total. The molecule has 0 bridgehead atoms. The van der Waals surface area contributed by atoms with E-state index >= 15 is 0 Å². The number of ether oxygens (including phenoxy) is 2. The molecule has 0 atom stereocenters. The van der Waals surface area contributed by atoms with Crippen LogP contribution < -0.4 is 20.1 Å². The minimum Gasteiger partial charge on any atom is -0.493 e. The van der Waals surface area contributed by atoms with Gasteiger partial charge < -0.3 is 20.1 Å². The molecular weight excluding hydrogens is 518 g/mol. The second-order valence-corrected chi connectivity index (χ2v) is 10.4. The lowest BCUT2D eigenvalue weighted by molar-refractivity contribution is 0.102. The predicted molar refractivity (Wildman–Crippen MR) is 156 cm³/mol. The van der Waals surface area contributed by atoms with Crippen molar-refractivity contribution < 1.29 is 19.1 Å².